The van der Waals surface area contributed by atoms with Crippen LogP contribution in [0.3, 0.4) is 0 Å². The average molecular weight is 265 g/mol. The summed E-state index contributed by atoms with van der Waals surface area (Å²) in [6, 6.07) is 3.57. The fourth-order valence-corrected chi connectivity index (χ4v) is 1.22. The molecule has 0 fully saturated rings. The second-order valence-electron chi connectivity index (χ2n) is 1.87. The van der Waals surface area contributed by atoms with Crippen LogP contribution >= 0.6 is 22.6 Å². The third-order valence-corrected chi connectivity index (χ3v) is 1.74. The van der Waals surface area contributed by atoms with Gasteiger partial charge in [-0.15, -0.1) is 0 Å². The molecule has 11 heavy (non-hydrogen) atoms. The first-order valence-electron chi connectivity index (χ1n) is 3.02. The first-order chi connectivity index (χ1) is 5.26. The van der Waals surface area contributed by atoms with Crippen molar-refractivity contribution >= 4 is 22.6 Å². The van der Waals surface area contributed by atoms with Gasteiger partial charge in [0, 0.05) is 12.1 Å². The fraction of sp³-hybridized carbons (Fsp3) is 0.286. The average Bonchev–Trinajstić information content (AvgIpc) is 2.03. The molecule has 0 atom stereocenters. The monoisotopic (exact) mass is 265 g/mol. The van der Waals surface area contributed by atoms with Gasteiger partial charge in [-0.2, -0.15) is 0 Å². The highest BCUT2D eigenvalue weighted by atomic mass is 127. The number of hydrogen-bond donors (Lipinski definition) is 0. The van der Waals surface area contributed by atoms with Crippen molar-refractivity contribution in [2.45, 2.75) is 0 Å². The Kier molecular flexibility index (Phi) is 2.92. The summed E-state index contributed by atoms with van der Waals surface area (Å²) in [6.45, 7) is 0. The van der Waals surface area contributed by atoms with E-state index in [4.69, 9.17) is 9.47 Å². The van der Waals surface area contributed by atoms with Crippen LogP contribution in [0.1, 0.15) is 0 Å². The number of hydrogen-bond acceptors (Lipinski definition) is 3. The highest BCUT2D eigenvalue weighted by Gasteiger charge is 1.99. The zero-order valence-electron chi connectivity index (χ0n) is 6.30. The molecule has 60 valence electrons. The van der Waals surface area contributed by atoms with E-state index in [0.29, 0.717) is 5.88 Å². The van der Waals surface area contributed by atoms with Gasteiger partial charge >= 0.3 is 0 Å². The smallest absolute Gasteiger partial charge is 0.217 e. The normalized spacial score (nSPS) is 9.36. The van der Waals surface area contributed by atoms with E-state index in [2.05, 4.69) is 27.6 Å². The molecular formula is C7H8INO2. The van der Waals surface area contributed by atoms with Crippen LogP contribution in [0.2, 0.25) is 0 Å². The molecule has 0 aromatic carbocycles. The maximum atomic E-state index is 5.01. The lowest BCUT2D eigenvalue weighted by molar-refractivity contribution is 0.381. The molecule has 3 nitrogen and oxygen atoms in total. The van der Waals surface area contributed by atoms with Gasteiger partial charge in [0.25, 0.3) is 0 Å². The Morgan fingerprint density at radius 2 is 2.00 bits per heavy atom. The van der Waals surface area contributed by atoms with Crippen molar-refractivity contribution in [1.29, 1.82) is 0 Å². The molecule has 0 aliphatic carbocycles. The van der Waals surface area contributed by atoms with E-state index in [-0.39, 0.29) is 0 Å². The lowest BCUT2D eigenvalue weighted by atomic mass is 10.4. The molecular weight excluding hydrogens is 257 g/mol. The standard InChI is InChI=1S/C7H8INO2/c1-10-5-3-6(8)9-7(4-5)11-2/h3-4H,1-2H3. The van der Waals surface area contributed by atoms with Crippen LogP contribution in [-0.2, 0) is 0 Å². The second kappa shape index (κ2) is 3.75. The van der Waals surface area contributed by atoms with Gasteiger partial charge in [0.05, 0.1) is 14.2 Å². The van der Waals surface area contributed by atoms with Crippen LogP contribution < -0.4 is 9.47 Å². The number of halogens is 1. The van der Waals surface area contributed by atoms with Crippen LogP contribution in [0, 0.1) is 3.70 Å². The molecule has 1 aromatic heterocycles. The van der Waals surface area contributed by atoms with E-state index >= 15 is 0 Å². The van der Waals surface area contributed by atoms with Crippen LogP contribution in [0.25, 0.3) is 0 Å². The Labute approximate surface area is 78.9 Å². The number of methoxy groups -OCH3 is 2. The molecule has 0 saturated carbocycles. The molecule has 0 bridgehead atoms. The quantitative estimate of drug-likeness (QED) is 0.602. The van der Waals surface area contributed by atoms with Crippen molar-refractivity contribution in [3.8, 4) is 11.6 Å². The predicted octanol–water partition coefficient (Wildman–Crippen LogP) is 1.70. The molecule has 0 radical (unpaired) electrons. The minimum Gasteiger partial charge on any atom is -0.496 e. The van der Waals surface area contributed by atoms with E-state index in [0.717, 1.165) is 9.45 Å². The highest BCUT2D eigenvalue weighted by molar-refractivity contribution is 14.1. The zero-order chi connectivity index (χ0) is 8.27. The molecule has 1 aromatic rings. The summed E-state index contributed by atoms with van der Waals surface area (Å²) in [4.78, 5) is 4.08. The van der Waals surface area contributed by atoms with E-state index in [9.17, 15) is 0 Å². The Bertz CT molecular complexity index is 230. The summed E-state index contributed by atoms with van der Waals surface area (Å²) in [5.41, 5.74) is 0. The molecule has 0 spiro atoms. The second-order valence-corrected chi connectivity index (χ2v) is 2.98. The minimum absolute atomic E-state index is 0.578. The molecule has 0 amide bonds. The van der Waals surface area contributed by atoms with Gasteiger partial charge in [0.1, 0.15) is 9.45 Å². The van der Waals surface area contributed by atoms with Gasteiger partial charge < -0.3 is 9.47 Å². The Balaban J connectivity index is 3.02. The van der Waals surface area contributed by atoms with Gasteiger partial charge in [0.2, 0.25) is 5.88 Å². The number of nitrogens with zero attached hydrogens (tertiary/aromatic N) is 1. The van der Waals surface area contributed by atoms with Crippen molar-refractivity contribution in [1.82, 2.24) is 4.98 Å². The maximum Gasteiger partial charge on any atom is 0.217 e. The lowest BCUT2D eigenvalue weighted by Crippen LogP contribution is -1.91. The predicted molar refractivity (Wildman–Crippen MR) is 50.1 cm³/mol. The largest absolute Gasteiger partial charge is 0.496 e. The van der Waals surface area contributed by atoms with E-state index in [1.54, 1.807) is 20.3 Å². The van der Waals surface area contributed by atoms with Crippen molar-refractivity contribution in [3.05, 3.63) is 15.8 Å². The summed E-state index contributed by atoms with van der Waals surface area (Å²) in [5.74, 6) is 1.34. The van der Waals surface area contributed by atoms with E-state index in [1.807, 2.05) is 6.07 Å². The van der Waals surface area contributed by atoms with Crippen molar-refractivity contribution in [2.75, 3.05) is 14.2 Å². The third-order valence-electron chi connectivity index (χ3n) is 1.19. The molecule has 0 unspecified atom stereocenters. The highest BCUT2D eigenvalue weighted by Crippen LogP contribution is 2.19. The summed E-state index contributed by atoms with van der Waals surface area (Å²) in [6.07, 6.45) is 0. The van der Waals surface area contributed by atoms with Crippen LogP contribution in [0.4, 0.5) is 0 Å². The number of ether oxygens (including phenoxy) is 2. The zero-order valence-corrected chi connectivity index (χ0v) is 8.45. The topological polar surface area (TPSA) is 31.4 Å². The summed E-state index contributed by atoms with van der Waals surface area (Å²) in [5, 5.41) is 0. The third kappa shape index (κ3) is 2.21. The van der Waals surface area contributed by atoms with Gasteiger partial charge in [-0.05, 0) is 22.6 Å². The molecule has 0 aliphatic heterocycles. The van der Waals surface area contributed by atoms with E-state index in [1.165, 1.54) is 0 Å². The first-order valence-corrected chi connectivity index (χ1v) is 4.09. The first kappa shape index (κ1) is 8.58. The van der Waals surface area contributed by atoms with Crippen molar-refractivity contribution in [2.24, 2.45) is 0 Å². The molecule has 1 heterocycles. The molecule has 4 heteroatoms. The van der Waals surface area contributed by atoms with Crippen molar-refractivity contribution in [3.63, 3.8) is 0 Å². The molecule has 0 saturated heterocycles. The maximum absolute atomic E-state index is 5.01. The number of pyridine rings is 1. The summed E-state index contributed by atoms with van der Waals surface area (Å²) < 4.78 is 10.8. The number of aromatic nitrogens is 1. The Hall–Kier alpha value is -0.520. The molecule has 0 aliphatic rings. The van der Waals surface area contributed by atoms with Gasteiger partial charge in [-0.25, -0.2) is 4.98 Å². The Morgan fingerprint density at radius 3 is 2.55 bits per heavy atom. The van der Waals surface area contributed by atoms with Crippen LogP contribution in [0.5, 0.6) is 11.6 Å². The van der Waals surface area contributed by atoms with Crippen LogP contribution in [0.15, 0.2) is 12.1 Å². The van der Waals surface area contributed by atoms with E-state index < -0.39 is 0 Å². The van der Waals surface area contributed by atoms with Crippen molar-refractivity contribution < 1.29 is 9.47 Å². The SMILES string of the molecule is COc1cc(I)nc(OC)c1. The summed E-state index contributed by atoms with van der Waals surface area (Å²) in [7, 11) is 3.20. The van der Waals surface area contributed by atoms with Gasteiger partial charge in [-0.1, -0.05) is 0 Å². The lowest BCUT2D eigenvalue weighted by Gasteiger charge is -2.02. The Morgan fingerprint density at radius 1 is 1.27 bits per heavy atom. The minimum atomic E-state index is 0.578. The summed E-state index contributed by atoms with van der Waals surface area (Å²) >= 11 is 2.11. The number of rotatable bonds is 2. The molecule has 1 rings (SSSR count). The fourth-order valence-electron chi connectivity index (χ4n) is 0.673. The molecule has 0 N–H and O–H groups in total. The van der Waals surface area contributed by atoms with Crippen LogP contribution in [-0.4, -0.2) is 19.2 Å². The van der Waals surface area contributed by atoms with Gasteiger partial charge in [0.15, 0.2) is 0 Å². The van der Waals surface area contributed by atoms with Gasteiger partial charge in [-0.3, -0.25) is 0 Å².